The number of benzene rings is 2. The predicted octanol–water partition coefficient (Wildman–Crippen LogP) is 4.37. The first-order valence-electron chi connectivity index (χ1n) is 11.3. The van der Waals surface area contributed by atoms with Crippen molar-refractivity contribution in [3.63, 3.8) is 0 Å². The smallest absolute Gasteiger partial charge is 0.410 e. The molecular weight excluding hydrogens is 420 g/mol. The van der Waals surface area contributed by atoms with E-state index in [4.69, 9.17) is 9.47 Å². The van der Waals surface area contributed by atoms with Crippen LogP contribution in [0.25, 0.3) is 0 Å². The molecule has 1 saturated heterocycles. The quantitative estimate of drug-likeness (QED) is 0.701. The van der Waals surface area contributed by atoms with Crippen LogP contribution in [0.1, 0.15) is 44.7 Å². The summed E-state index contributed by atoms with van der Waals surface area (Å²) in [6.07, 6.45) is 1.35. The third-order valence-electron chi connectivity index (χ3n) is 5.60. The number of phenols is 1. The molecule has 7 nitrogen and oxygen atoms in total. The molecule has 0 saturated carbocycles. The van der Waals surface area contributed by atoms with Gasteiger partial charge in [0.2, 0.25) is 5.91 Å². The number of likely N-dealkylation sites (N-methyl/N-ethyl adjacent to an activating group) is 1. The monoisotopic (exact) mass is 454 g/mol. The van der Waals surface area contributed by atoms with Crippen molar-refractivity contribution >= 4 is 12.0 Å². The summed E-state index contributed by atoms with van der Waals surface area (Å²) in [7, 11) is 1.72. The molecule has 1 N–H and O–H groups in total. The van der Waals surface area contributed by atoms with Gasteiger partial charge in [0.1, 0.15) is 23.7 Å². The molecule has 1 atom stereocenters. The highest BCUT2D eigenvalue weighted by molar-refractivity contribution is 5.80. The third-order valence-corrected chi connectivity index (χ3v) is 5.60. The number of hydrogen-bond donors (Lipinski definition) is 1. The average molecular weight is 455 g/mol. The largest absolute Gasteiger partial charge is 0.508 e. The number of ether oxygens (including phenoxy) is 2. The topological polar surface area (TPSA) is 79.3 Å². The van der Waals surface area contributed by atoms with Crippen molar-refractivity contribution < 1.29 is 24.2 Å². The van der Waals surface area contributed by atoms with Gasteiger partial charge in [-0.1, -0.05) is 30.3 Å². The molecule has 178 valence electrons. The molecule has 1 fully saturated rings. The van der Waals surface area contributed by atoms with Gasteiger partial charge in [0.05, 0.1) is 12.5 Å². The van der Waals surface area contributed by atoms with Crippen molar-refractivity contribution in [2.45, 2.75) is 58.3 Å². The lowest BCUT2D eigenvalue weighted by molar-refractivity contribution is -0.132. The van der Waals surface area contributed by atoms with Gasteiger partial charge in [-0.05, 0) is 57.4 Å². The maximum Gasteiger partial charge on any atom is 0.410 e. The van der Waals surface area contributed by atoms with Crippen molar-refractivity contribution in [3.8, 4) is 11.5 Å². The van der Waals surface area contributed by atoms with Crippen LogP contribution in [-0.4, -0.2) is 58.7 Å². The third kappa shape index (κ3) is 7.14. The molecule has 2 aromatic carbocycles. The van der Waals surface area contributed by atoms with Gasteiger partial charge in [0, 0.05) is 25.7 Å². The van der Waals surface area contributed by atoms with E-state index in [0.717, 1.165) is 18.4 Å². The summed E-state index contributed by atoms with van der Waals surface area (Å²) in [4.78, 5) is 28.9. The van der Waals surface area contributed by atoms with Gasteiger partial charge in [-0.2, -0.15) is 0 Å². The molecule has 1 heterocycles. The number of likely N-dealkylation sites (tertiary alicyclic amines) is 1. The van der Waals surface area contributed by atoms with E-state index >= 15 is 0 Å². The number of carbonyl (C=O) groups is 2. The molecule has 0 aromatic heterocycles. The molecule has 0 spiro atoms. The molecule has 3 rings (SSSR count). The number of piperidine rings is 1. The van der Waals surface area contributed by atoms with Crippen molar-refractivity contribution in [2.24, 2.45) is 0 Å². The number of phenolic OH excluding ortho intramolecular Hbond substituents is 1. The Morgan fingerprint density at radius 3 is 2.58 bits per heavy atom. The second kappa shape index (κ2) is 10.6. The number of aromatic hydroxyl groups is 1. The van der Waals surface area contributed by atoms with Crippen LogP contribution in [0.3, 0.4) is 0 Å². The zero-order valence-corrected chi connectivity index (χ0v) is 19.9. The Morgan fingerprint density at radius 1 is 1.15 bits per heavy atom. The maximum atomic E-state index is 13.1. The Hall–Kier alpha value is -3.22. The van der Waals surface area contributed by atoms with Crippen LogP contribution in [0.15, 0.2) is 48.5 Å². The lowest BCUT2D eigenvalue weighted by Gasteiger charge is -2.38. The van der Waals surface area contributed by atoms with Crippen LogP contribution in [0, 0.1) is 0 Å². The zero-order chi connectivity index (χ0) is 24.0. The molecule has 1 unspecified atom stereocenters. The Morgan fingerprint density at radius 2 is 1.88 bits per heavy atom. The fourth-order valence-corrected chi connectivity index (χ4v) is 3.84. The summed E-state index contributed by atoms with van der Waals surface area (Å²) >= 11 is 0. The molecule has 0 radical (unpaired) electrons. The van der Waals surface area contributed by atoms with Crippen LogP contribution < -0.4 is 4.74 Å². The van der Waals surface area contributed by atoms with Gasteiger partial charge in [0.25, 0.3) is 0 Å². The lowest BCUT2D eigenvalue weighted by atomic mass is 10.0. The minimum Gasteiger partial charge on any atom is -0.508 e. The normalized spacial score (nSPS) is 16.2. The van der Waals surface area contributed by atoms with Crippen molar-refractivity contribution in [1.29, 1.82) is 0 Å². The first kappa shape index (κ1) is 24.4. The van der Waals surface area contributed by atoms with Crippen LogP contribution in [0.2, 0.25) is 0 Å². The highest BCUT2D eigenvalue weighted by atomic mass is 16.6. The molecule has 7 heteroatoms. The summed E-state index contributed by atoms with van der Waals surface area (Å²) in [6.45, 7) is 6.97. The highest BCUT2D eigenvalue weighted by Crippen LogP contribution is 2.26. The average Bonchev–Trinajstić information content (AvgIpc) is 2.77. The summed E-state index contributed by atoms with van der Waals surface area (Å²) < 4.78 is 11.4. The number of nitrogens with zero attached hydrogens (tertiary/aromatic N) is 2. The number of amides is 2. The van der Waals surface area contributed by atoms with E-state index in [9.17, 15) is 14.7 Å². The second-order valence-electron chi connectivity index (χ2n) is 9.47. The molecule has 0 aliphatic carbocycles. The molecule has 2 aromatic rings. The van der Waals surface area contributed by atoms with E-state index in [1.807, 2.05) is 51.1 Å². The standard InChI is InChI=1S/C26H34N2O5/c1-26(2,3)33-25(31)27(4)21-11-8-14-28(17-21)24(30)16-20-15-22(29)12-13-23(20)32-18-19-9-6-5-7-10-19/h5-7,9-10,12-13,15,21,29H,8,11,14,16-18H2,1-4H3. The summed E-state index contributed by atoms with van der Waals surface area (Å²) in [6, 6.07) is 14.5. The van der Waals surface area contributed by atoms with Crippen molar-refractivity contribution in [2.75, 3.05) is 20.1 Å². The van der Waals surface area contributed by atoms with E-state index < -0.39 is 5.60 Å². The van der Waals surface area contributed by atoms with Crippen LogP contribution in [0.5, 0.6) is 11.5 Å². The SMILES string of the molecule is CN(C(=O)OC(C)(C)C)C1CCCN(C(=O)Cc2cc(O)ccc2OCc2ccccc2)C1. The maximum absolute atomic E-state index is 13.1. The van der Waals surface area contributed by atoms with Gasteiger partial charge in [-0.25, -0.2) is 4.79 Å². The summed E-state index contributed by atoms with van der Waals surface area (Å²) in [5, 5.41) is 9.98. The summed E-state index contributed by atoms with van der Waals surface area (Å²) in [5.74, 6) is 0.600. The Bertz CT molecular complexity index is 955. The molecule has 1 aliphatic rings. The Labute approximate surface area is 195 Å². The number of hydrogen-bond acceptors (Lipinski definition) is 5. The molecular formula is C26H34N2O5. The summed E-state index contributed by atoms with van der Waals surface area (Å²) in [5.41, 5.74) is 1.09. The van der Waals surface area contributed by atoms with Gasteiger partial charge in [-0.3, -0.25) is 4.79 Å². The fraction of sp³-hybridized carbons (Fsp3) is 0.462. The van der Waals surface area contributed by atoms with E-state index in [2.05, 4.69) is 0 Å². The minimum atomic E-state index is -0.568. The molecule has 1 aliphatic heterocycles. The minimum absolute atomic E-state index is 0.0625. The Kier molecular flexibility index (Phi) is 7.84. The number of carbonyl (C=O) groups excluding carboxylic acids is 2. The first-order valence-corrected chi connectivity index (χ1v) is 11.3. The highest BCUT2D eigenvalue weighted by Gasteiger charge is 2.31. The van der Waals surface area contributed by atoms with Crippen LogP contribution >= 0.6 is 0 Å². The lowest BCUT2D eigenvalue weighted by Crippen LogP contribution is -2.51. The van der Waals surface area contributed by atoms with Gasteiger partial charge in [0.15, 0.2) is 0 Å². The fourth-order valence-electron chi connectivity index (χ4n) is 3.84. The zero-order valence-electron chi connectivity index (χ0n) is 19.9. The van der Waals surface area contributed by atoms with Crippen LogP contribution in [0.4, 0.5) is 4.79 Å². The van der Waals surface area contributed by atoms with Crippen molar-refractivity contribution in [1.82, 2.24) is 9.80 Å². The molecule has 0 bridgehead atoms. The van der Waals surface area contributed by atoms with Crippen molar-refractivity contribution in [3.05, 3.63) is 59.7 Å². The van der Waals surface area contributed by atoms with Gasteiger partial charge in [-0.15, -0.1) is 0 Å². The molecule has 2 amide bonds. The van der Waals surface area contributed by atoms with E-state index in [1.165, 1.54) is 0 Å². The first-order chi connectivity index (χ1) is 15.6. The van der Waals surface area contributed by atoms with E-state index in [-0.39, 0.29) is 30.2 Å². The van der Waals surface area contributed by atoms with Gasteiger partial charge >= 0.3 is 6.09 Å². The van der Waals surface area contributed by atoms with E-state index in [1.54, 1.807) is 35.0 Å². The van der Waals surface area contributed by atoms with Crippen LogP contribution in [-0.2, 0) is 22.6 Å². The second-order valence-corrected chi connectivity index (χ2v) is 9.47. The number of rotatable bonds is 6. The molecule has 33 heavy (non-hydrogen) atoms. The predicted molar refractivity (Wildman–Crippen MR) is 126 cm³/mol. The Balaban J connectivity index is 1.64. The van der Waals surface area contributed by atoms with Gasteiger partial charge < -0.3 is 24.4 Å². The van der Waals surface area contributed by atoms with E-state index in [0.29, 0.717) is 31.0 Å².